The minimum Gasteiger partial charge on any atom is -0.357 e. The molecule has 1 unspecified atom stereocenters. The standard InChI is InChI=1S/C17H14ClN3/c1-17(12-6-8-13(18)9-7-12)20-15-5-3-2-4-14(15)16-10-11-19-21(16)17/h2-11,20H,1H3. The second-order valence-electron chi connectivity index (χ2n) is 5.38. The van der Waals surface area contributed by atoms with Gasteiger partial charge in [0.2, 0.25) is 0 Å². The lowest BCUT2D eigenvalue weighted by molar-refractivity contribution is 0.404. The summed E-state index contributed by atoms with van der Waals surface area (Å²) in [5, 5.41) is 8.87. The van der Waals surface area contributed by atoms with E-state index in [0.29, 0.717) is 0 Å². The van der Waals surface area contributed by atoms with Gasteiger partial charge >= 0.3 is 0 Å². The zero-order chi connectivity index (χ0) is 14.4. The Bertz CT molecular complexity index is 807. The zero-order valence-electron chi connectivity index (χ0n) is 11.5. The van der Waals surface area contributed by atoms with E-state index in [4.69, 9.17) is 11.6 Å². The Hall–Kier alpha value is -2.26. The lowest BCUT2D eigenvalue weighted by atomic mass is 9.96. The Morgan fingerprint density at radius 3 is 2.62 bits per heavy atom. The molecule has 21 heavy (non-hydrogen) atoms. The summed E-state index contributed by atoms with van der Waals surface area (Å²) in [6.07, 6.45) is 1.84. The fourth-order valence-electron chi connectivity index (χ4n) is 2.96. The van der Waals surface area contributed by atoms with E-state index in [9.17, 15) is 0 Å². The van der Waals surface area contributed by atoms with E-state index in [1.807, 2.05) is 53.3 Å². The van der Waals surface area contributed by atoms with E-state index >= 15 is 0 Å². The molecule has 1 aliphatic rings. The molecule has 1 atom stereocenters. The zero-order valence-corrected chi connectivity index (χ0v) is 12.3. The number of hydrogen-bond donors (Lipinski definition) is 1. The van der Waals surface area contributed by atoms with Crippen LogP contribution in [0.1, 0.15) is 12.5 Å². The van der Waals surface area contributed by atoms with E-state index in [1.54, 1.807) is 0 Å². The quantitative estimate of drug-likeness (QED) is 0.723. The Labute approximate surface area is 128 Å². The van der Waals surface area contributed by atoms with Crippen LogP contribution in [-0.2, 0) is 5.66 Å². The molecule has 1 aliphatic heterocycles. The molecule has 0 saturated carbocycles. The summed E-state index contributed by atoms with van der Waals surface area (Å²) in [7, 11) is 0. The first-order valence-electron chi connectivity index (χ1n) is 6.87. The smallest absolute Gasteiger partial charge is 0.155 e. The average Bonchev–Trinajstić information content (AvgIpc) is 2.99. The van der Waals surface area contributed by atoms with Crippen LogP contribution in [0.4, 0.5) is 5.69 Å². The first-order chi connectivity index (χ1) is 10.2. The predicted octanol–water partition coefficient (Wildman–Crippen LogP) is 4.35. The number of halogens is 1. The van der Waals surface area contributed by atoms with Crippen LogP contribution in [0, 0.1) is 0 Å². The lowest BCUT2D eigenvalue weighted by Crippen LogP contribution is -2.43. The van der Waals surface area contributed by atoms with Crippen molar-refractivity contribution in [2.75, 3.05) is 5.32 Å². The highest BCUT2D eigenvalue weighted by atomic mass is 35.5. The van der Waals surface area contributed by atoms with E-state index in [-0.39, 0.29) is 0 Å². The number of rotatable bonds is 1. The molecule has 0 saturated heterocycles. The maximum atomic E-state index is 6.01. The highest BCUT2D eigenvalue weighted by Gasteiger charge is 2.36. The van der Waals surface area contributed by atoms with Gasteiger partial charge in [-0.3, -0.25) is 0 Å². The van der Waals surface area contributed by atoms with Gasteiger partial charge in [0.25, 0.3) is 0 Å². The number of nitrogens with zero attached hydrogens (tertiary/aromatic N) is 2. The van der Waals surface area contributed by atoms with Crippen molar-refractivity contribution in [1.82, 2.24) is 9.78 Å². The van der Waals surface area contributed by atoms with Crippen molar-refractivity contribution in [1.29, 1.82) is 0 Å². The minimum absolute atomic E-state index is 0.433. The van der Waals surface area contributed by atoms with Crippen LogP contribution in [0.3, 0.4) is 0 Å². The van der Waals surface area contributed by atoms with Crippen molar-refractivity contribution in [2.24, 2.45) is 0 Å². The summed E-state index contributed by atoms with van der Waals surface area (Å²) in [5.74, 6) is 0. The summed E-state index contributed by atoms with van der Waals surface area (Å²) < 4.78 is 2.03. The summed E-state index contributed by atoms with van der Waals surface area (Å²) in [4.78, 5) is 0. The van der Waals surface area contributed by atoms with E-state index < -0.39 is 5.66 Å². The third kappa shape index (κ3) is 1.78. The number of nitrogens with one attached hydrogen (secondary N) is 1. The summed E-state index contributed by atoms with van der Waals surface area (Å²) in [5.41, 5.74) is 4.08. The molecule has 2 heterocycles. The van der Waals surface area contributed by atoms with Crippen molar-refractivity contribution < 1.29 is 0 Å². The van der Waals surface area contributed by atoms with Gasteiger partial charge in [-0.1, -0.05) is 41.9 Å². The van der Waals surface area contributed by atoms with Gasteiger partial charge in [-0.25, -0.2) is 4.68 Å². The van der Waals surface area contributed by atoms with Crippen molar-refractivity contribution in [3.63, 3.8) is 0 Å². The number of fused-ring (bicyclic) bond motifs is 3. The van der Waals surface area contributed by atoms with Crippen LogP contribution in [-0.4, -0.2) is 9.78 Å². The van der Waals surface area contributed by atoms with Crippen LogP contribution in [0.15, 0.2) is 60.8 Å². The van der Waals surface area contributed by atoms with Gasteiger partial charge in [0, 0.05) is 22.5 Å². The average molecular weight is 296 g/mol. The molecule has 0 fully saturated rings. The van der Waals surface area contributed by atoms with Crippen LogP contribution < -0.4 is 5.32 Å². The fourth-order valence-corrected chi connectivity index (χ4v) is 3.09. The number of benzene rings is 2. The second kappa shape index (κ2) is 4.37. The van der Waals surface area contributed by atoms with Crippen LogP contribution in [0.2, 0.25) is 5.02 Å². The fraction of sp³-hybridized carbons (Fsp3) is 0.118. The molecule has 0 radical (unpaired) electrons. The number of aromatic nitrogens is 2. The summed E-state index contributed by atoms with van der Waals surface area (Å²) in [6, 6.07) is 18.2. The number of hydrogen-bond acceptors (Lipinski definition) is 2. The highest BCUT2D eigenvalue weighted by Crippen LogP contribution is 2.40. The largest absolute Gasteiger partial charge is 0.357 e. The first kappa shape index (κ1) is 12.5. The maximum absolute atomic E-state index is 6.01. The molecule has 1 N–H and O–H groups in total. The molecule has 1 aromatic heterocycles. The SMILES string of the molecule is CC1(c2ccc(Cl)cc2)Nc2ccccc2-c2ccnn21. The van der Waals surface area contributed by atoms with E-state index in [2.05, 4.69) is 29.5 Å². The van der Waals surface area contributed by atoms with Crippen LogP contribution in [0.5, 0.6) is 0 Å². The van der Waals surface area contributed by atoms with Crippen LogP contribution >= 0.6 is 11.6 Å². The Morgan fingerprint density at radius 2 is 1.81 bits per heavy atom. The number of anilines is 1. The molecule has 0 bridgehead atoms. The molecular weight excluding hydrogens is 282 g/mol. The summed E-state index contributed by atoms with van der Waals surface area (Å²) >= 11 is 6.01. The maximum Gasteiger partial charge on any atom is 0.155 e. The van der Waals surface area contributed by atoms with E-state index in [1.165, 1.54) is 5.56 Å². The molecule has 2 aromatic carbocycles. The Balaban J connectivity index is 1.94. The van der Waals surface area contributed by atoms with Gasteiger partial charge < -0.3 is 5.32 Å². The van der Waals surface area contributed by atoms with Gasteiger partial charge in [0.05, 0.1) is 5.69 Å². The normalized spacial score (nSPS) is 19.5. The van der Waals surface area contributed by atoms with Crippen molar-refractivity contribution in [2.45, 2.75) is 12.6 Å². The molecular formula is C17H14ClN3. The number of para-hydroxylation sites is 1. The summed E-state index contributed by atoms with van der Waals surface area (Å²) in [6.45, 7) is 2.13. The molecule has 3 nitrogen and oxygen atoms in total. The van der Waals surface area contributed by atoms with Crippen molar-refractivity contribution in [3.05, 3.63) is 71.4 Å². The van der Waals surface area contributed by atoms with Gasteiger partial charge in [0.15, 0.2) is 5.66 Å². The predicted molar refractivity (Wildman–Crippen MR) is 85.5 cm³/mol. The molecule has 104 valence electrons. The van der Waals surface area contributed by atoms with Gasteiger partial charge in [-0.15, -0.1) is 0 Å². The molecule has 4 rings (SSSR count). The van der Waals surface area contributed by atoms with E-state index in [0.717, 1.165) is 22.0 Å². The third-order valence-electron chi connectivity index (χ3n) is 4.05. The second-order valence-corrected chi connectivity index (χ2v) is 5.81. The lowest BCUT2D eigenvalue weighted by Gasteiger charge is -2.38. The van der Waals surface area contributed by atoms with Crippen LogP contribution in [0.25, 0.3) is 11.3 Å². The Morgan fingerprint density at radius 1 is 1.05 bits per heavy atom. The molecule has 3 aromatic rings. The first-order valence-corrected chi connectivity index (χ1v) is 7.24. The van der Waals surface area contributed by atoms with Crippen molar-refractivity contribution >= 4 is 17.3 Å². The third-order valence-corrected chi connectivity index (χ3v) is 4.31. The van der Waals surface area contributed by atoms with Gasteiger partial charge in [-0.2, -0.15) is 5.10 Å². The monoisotopic (exact) mass is 295 g/mol. The molecule has 0 spiro atoms. The van der Waals surface area contributed by atoms with Gasteiger partial charge in [0.1, 0.15) is 0 Å². The van der Waals surface area contributed by atoms with Crippen molar-refractivity contribution in [3.8, 4) is 11.3 Å². The molecule has 4 heteroatoms. The highest BCUT2D eigenvalue weighted by molar-refractivity contribution is 6.30. The topological polar surface area (TPSA) is 29.9 Å². The van der Waals surface area contributed by atoms with Gasteiger partial charge in [-0.05, 0) is 36.8 Å². The molecule has 0 amide bonds. The molecule has 0 aliphatic carbocycles. The minimum atomic E-state index is -0.433. The Kier molecular flexibility index (Phi) is 2.59.